The van der Waals surface area contributed by atoms with Crippen LogP contribution < -0.4 is 5.32 Å². The molecule has 1 N–H and O–H groups in total. The van der Waals surface area contributed by atoms with Crippen LogP contribution in [0.2, 0.25) is 0 Å². The number of carbonyl (C=O) groups excluding carboxylic acids is 2. The fourth-order valence-electron chi connectivity index (χ4n) is 5.33. The molecule has 35 heavy (non-hydrogen) atoms. The van der Waals surface area contributed by atoms with Gasteiger partial charge in [-0.1, -0.05) is 30.3 Å². The van der Waals surface area contributed by atoms with Gasteiger partial charge in [-0.25, -0.2) is 9.97 Å². The SMILES string of the molecule is Cc1c(C(=O)N2CCC[C@@H](c3ccccc3)CC2)sc2ncnc(NCCCN3CCCC3=O)c12. The van der Waals surface area contributed by atoms with Crippen LogP contribution >= 0.6 is 11.3 Å². The number of carbonyl (C=O) groups is 2. The average molecular weight is 492 g/mol. The quantitative estimate of drug-likeness (QED) is 0.479. The maximum absolute atomic E-state index is 13.6. The minimum absolute atomic E-state index is 0.109. The lowest BCUT2D eigenvalue weighted by Crippen LogP contribution is -2.31. The molecule has 2 aliphatic heterocycles. The highest BCUT2D eigenvalue weighted by Gasteiger charge is 2.26. The number of aryl methyl sites for hydroxylation is 1. The zero-order valence-electron chi connectivity index (χ0n) is 20.3. The van der Waals surface area contributed by atoms with Crippen LogP contribution in [0.4, 0.5) is 5.82 Å². The van der Waals surface area contributed by atoms with Crippen molar-refractivity contribution in [1.82, 2.24) is 19.8 Å². The molecule has 7 nitrogen and oxygen atoms in total. The second kappa shape index (κ2) is 10.7. The smallest absolute Gasteiger partial charge is 0.264 e. The third kappa shape index (κ3) is 5.17. The summed E-state index contributed by atoms with van der Waals surface area (Å²) < 4.78 is 0. The van der Waals surface area contributed by atoms with E-state index >= 15 is 0 Å². The van der Waals surface area contributed by atoms with Crippen molar-refractivity contribution in [3.8, 4) is 0 Å². The molecule has 0 bridgehead atoms. The van der Waals surface area contributed by atoms with E-state index in [9.17, 15) is 9.59 Å². The van der Waals surface area contributed by atoms with E-state index in [1.807, 2.05) is 16.7 Å². The molecule has 0 spiro atoms. The minimum Gasteiger partial charge on any atom is -0.369 e. The Kier molecular flexibility index (Phi) is 7.27. The van der Waals surface area contributed by atoms with Gasteiger partial charge < -0.3 is 15.1 Å². The average Bonchev–Trinajstić information content (AvgIpc) is 3.34. The summed E-state index contributed by atoms with van der Waals surface area (Å²) >= 11 is 1.47. The van der Waals surface area contributed by atoms with Crippen LogP contribution in [0.1, 0.15) is 65.2 Å². The van der Waals surface area contributed by atoms with Crippen LogP contribution in [0.3, 0.4) is 0 Å². The van der Waals surface area contributed by atoms with E-state index in [0.717, 1.165) is 91.3 Å². The zero-order valence-corrected chi connectivity index (χ0v) is 21.1. The van der Waals surface area contributed by atoms with Gasteiger partial charge in [0.1, 0.15) is 17.0 Å². The van der Waals surface area contributed by atoms with Crippen LogP contribution in [0, 0.1) is 6.92 Å². The highest BCUT2D eigenvalue weighted by Crippen LogP contribution is 2.35. The molecular weight excluding hydrogens is 458 g/mol. The maximum atomic E-state index is 13.6. The first kappa shape index (κ1) is 23.7. The highest BCUT2D eigenvalue weighted by atomic mass is 32.1. The van der Waals surface area contributed by atoms with E-state index in [4.69, 9.17) is 0 Å². The highest BCUT2D eigenvalue weighted by molar-refractivity contribution is 7.20. The van der Waals surface area contributed by atoms with Crippen molar-refractivity contribution in [2.45, 2.75) is 51.4 Å². The monoisotopic (exact) mass is 491 g/mol. The molecule has 2 aromatic heterocycles. The molecule has 2 fully saturated rings. The van der Waals surface area contributed by atoms with E-state index in [-0.39, 0.29) is 11.8 Å². The van der Waals surface area contributed by atoms with Crippen LogP contribution in [-0.2, 0) is 4.79 Å². The van der Waals surface area contributed by atoms with Crippen LogP contribution in [-0.4, -0.2) is 64.3 Å². The van der Waals surface area contributed by atoms with E-state index in [1.54, 1.807) is 6.33 Å². The summed E-state index contributed by atoms with van der Waals surface area (Å²) in [5, 5.41) is 4.37. The number of nitrogens with one attached hydrogen (secondary N) is 1. The molecule has 0 aliphatic carbocycles. The van der Waals surface area contributed by atoms with Gasteiger partial charge in [-0.3, -0.25) is 9.59 Å². The Morgan fingerprint density at radius 1 is 1.11 bits per heavy atom. The largest absolute Gasteiger partial charge is 0.369 e. The van der Waals surface area contributed by atoms with E-state index in [1.165, 1.54) is 16.9 Å². The Morgan fingerprint density at radius 2 is 1.97 bits per heavy atom. The molecule has 2 saturated heterocycles. The molecule has 184 valence electrons. The third-order valence-corrected chi connectivity index (χ3v) is 8.46. The third-order valence-electron chi connectivity index (χ3n) is 7.28. The summed E-state index contributed by atoms with van der Waals surface area (Å²) in [4.78, 5) is 39.9. The second-order valence-electron chi connectivity index (χ2n) is 9.55. The zero-order chi connectivity index (χ0) is 24.2. The molecule has 1 atom stereocenters. The molecule has 8 heteroatoms. The maximum Gasteiger partial charge on any atom is 0.264 e. The first-order valence-corrected chi connectivity index (χ1v) is 13.5. The van der Waals surface area contributed by atoms with E-state index in [0.29, 0.717) is 12.3 Å². The number of rotatable bonds is 7. The Balaban J connectivity index is 1.26. The minimum atomic E-state index is 0.109. The van der Waals surface area contributed by atoms with Crippen molar-refractivity contribution in [3.05, 3.63) is 52.7 Å². The number of aromatic nitrogens is 2. The molecule has 3 aromatic rings. The molecule has 2 aliphatic rings. The summed E-state index contributed by atoms with van der Waals surface area (Å²) in [6, 6.07) is 10.7. The van der Waals surface area contributed by atoms with E-state index in [2.05, 4.69) is 45.6 Å². The molecule has 5 rings (SSSR count). The predicted molar refractivity (Wildman–Crippen MR) is 140 cm³/mol. The molecule has 4 heterocycles. The van der Waals surface area contributed by atoms with Crippen LogP contribution in [0.5, 0.6) is 0 Å². The molecule has 2 amide bonds. The summed E-state index contributed by atoms with van der Waals surface area (Å²) in [6.07, 6.45) is 7.19. The Hall–Kier alpha value is -3.00. The fourth-order valence-corrected chi connectivity index (χ4v) is 6.45. The summed E-state index contributed by atoms with van der Waals surface area (Å²) in [7, 11) is 0. The summed E-state index contributed by atoms with van der Waals surface area (Å²) in [5.74, 6) is 1.65. The second-order valence-corrected chi connectivity index (χ2v) is 10.6. The van der Waals surface area contributed by atoms with Gasteiger partial charge >= 0.3 is 0 Å². The number of likely N-dealkylation sites (tertiary alicyclic amines) is 2. The summed E-state index contributed by atoms with van der Waals surface area (Å²) in [6.45, 7) is 5.94. The van der Waals surface area contributed by atoms with Gasteiger partial charge in [-0.2, -0.15) is 0 Å². The fraction of sp³-hybridized carbons (Fsp3) is 0.481. The first-order chi connectivity index (χ1) is 17.1. The number of hydrogen-bond acceptors (Lipinski definition) is 6. The van der Waals surface area contributed by atoms with Crippen LogP contribution in [0.25, 0.3) is 10.2 Å². The van der Waals surface area contributed by atoms with Crippen molar-refractivity contribution >= 4 is 39.2 Å². The van der Waals surface area contributed by atoms with Gasteiger partial charge in [0.25, 0.3) is 5.91 Å². The van der Waals surface area contributed by atoms with Crippen molar-refractivity contribution in [3.63, 3.8) is 0 Å². The van der Waals surface area contributed by atoms with Crippen molar-refractivity contribution in [2.75, 3.05) is 38.0 Å². The van der Waals surface area contributed by atoms with Crippen molar-refractivity contribution in [1.29, 1.82) is 0 Å². The Morgan fingerprint density at radius 3 is 2.77 bits per heavy atom. The number of fused-ring (bicyclic) bond motifs is 1. The lowest BCUT2D eigenvalue weighted by molar-refractivity contribution is -0.127. The summed E-state index contributed by atoms with van der Waals surface area (Å²) in [5.41, 5.74) is 2.33. The lowest BCUT2D eigenvalue weighted by atomic mass is 9.92. The number of hydrogen-bond donors (Lipinski definition) is 1. The van der Waals surface area contributed by atoms with Gasteiger partial charge in [0.15, 0.2) is 0 Å². The molecular formula is C27H33N5O2S. The lowest BCUT2D eigenvalue weighted by Gasteiger charge is -2.20. The standard InChI is InChI=1S/C27H33N5O2S/c1-19-23-25(28-13-7-16-31-14-6-11-22(31)33)29-18-30-26(23)35-24(19)27(34)32-15-5-10-21(12-17-32)20-8-3-2-4-9-20/h2-4,8-9,18,21H,5-7,10-17H2,1H3,(H,28,29,30)/t21-/m1/s1. The van der Waals surface area contributed by atoms with Crippen molar-refractivity contribution < 1.29 is 9.59 Å². The van der Waals surface area contributed by atoms with Gasteiger partial charge in [0, 0.05) is 39.1 Å². The molecule has 0 unspecified atom stereocenters. The number of nitrogens with zero attached hydrogens (tertiary/aromatic N) is 4. The number of benzene rings is 1. The van der Waals surface area contributed by atoms with Gasteiger partial charge in [0.05, 0.1) is 10.3 Å². The Labute approximate surface area is 210 Å². The number of thiophene rings is 1. The van der Waals surface area contributed by atoms with Gasteiger partial charge in [-0.05, 0) is 56.1 Å². The topological polar surface area (TPSA) is 78.4 Å². The number of anilines is 1. The van der Waals surface area contributed by atoms with Gasteiger partial charge in [0.2, 0.25) is 5.91 Å². The van der Waals surface area contributed by atoms with Gasteiger partial charge in [-0.15, -0.1) is 11.3 Å². The first-order valence-electron chi connectivity index (χ1n) is 12.7. The molecule has 0 radical (unpaired) electrons. The molecule has 1 aromatic carbocycles. The van der Waals surface area contributed by atoms with Crippen LogP contribution in [0.15, 0.2) is 36.7 Å². The Bertz CT molecular complexity index is 1200. The van der Waals surface area contributed by atoms with E-state index < -0.39 is 0 Å². The molecule has 0 saturated carbocycles. The number of amides is 2. The normalized spacial score (nSPS) is 18.8. The predicted octanol–water partition coefficient (Wildman–Crippen LogP) is 4.83. The van der Waals surface area contributed by atoms with Crippen molar-refractivity contribution in [2.24, 2.45) is 0 Å².